The molecule has 2 unspecified atom stereocenters. The van der Waals surface area contributed by atoms with E-state index in [1.807, 2.05) is 0 Å². The van der Waals surface area contributed by atoms with Crippen LogP contribution in [0.2, 0.25) is 0 Å². The number of benzene rings is 1. The molecular formula is C18H30N2. The van der Waals surface area contributed by atoms with E-state index < -0.39 is 0 Å². The molecule has 2 atom stereocenters. The van der Waals surface area contributed by atoms with E-state index in [2.05, 4.69) is 68.2 Å². The lowest BCUT2D eigenvalue weighted by Crippen LogP contribution is -2.59. The Morgan fingerprint density at radius 2 is 1.90 bits per heavy atom. The molecule has 2 heteroatoms. The number of nitrogens with zero attached hydrogens (tertiary/aromatic N) is 1. The highest BCUT2D eigenvalue weighted by Crippen LogP contribution is 2.26. The average molecular weight is 274 g/mol. The van der Waals surface area contributed by atoms with Crippen LogP contribution in [0.5, 0.6) is 0 Å². The van der Waals surface area contributed by atoms with E-state index in [0.29, 0.717) is 17.5 Å². The summed E-state index contributed by atoms with van der Waals surface area (Å²) in [5.74, 6) is 0. The first-order valence-electron chi connectivity index (χ1n) is 7.98. The Bertz CT molecular complexity index is 394. The average Bonchev–Trinajstić information content (AvgIpc) is 2.38. The molecule has 112 valence electrons. The van der Waals surface area contributed by atoms with Crippen molar-refractivity contribution in [1.29, 1.82) is 0 Å². The molecule has 0 radical (unpaired) electrons. The third kappa shape index (κ3) is 4.32. The Morgan fingerprint density at radius 3 is 2.55 bits per heavy atom. The van der Waals surface area contributed by atoms with Crippen LogP contribution in [-0.4, -0.2) is 36.6 Å². The lowest BCUT2D eigenvalue weighted by atomic mass is 9.84. The van der Waals surface area contributed by atoms with Crippen molar-refractivity contribution < 1.29 is 0 Å². The first-order valence-corrected chi connectivity index (χ1v) is 7.98. The fourth-order valence-electron chi connectivity index (χ4n) is 3.22. The van der Waals surface area contributed by atoms with Crippen LogP contribution in [-0.2, 0) is 6.42 Å². The Kier molecular flexibility index (Phi) is 5.22. The van der Waals surface area contributed by atoms with Gasteiger partial charge in [0.2, 0.25) is 0 Å². The van der Waals surface area contributed by atoms with E-state index in [0.717, 1.165) is 6.54 Å². The Morgan fingerprint density at radius 1 is 1.20 bits per heavy atom. The van der Waals surface area contributed by atoms with Crippen molar-refractivity contribution in [2.45, 2.75) is 52.6 Å². The van der Waals surface area contributed by atoms with Crippen molar-refractivity contribution in [2.75, 3.05) is 19.6 Å². The standard InChI is InChI=1S/C18H30N2/c1-15-14-20(17(13-19-15)18(2,3)4)12-8-11-16-9-6-5-7-10-16/h5-7,9-10,15,17,19H,8,11-14H2,1-4H3. The summed E-state index contributed by atoms with van der Waals surface area (Å²) in [6.07, 6.45) is 2.44. The molecule has 0 saturated carbocycles. The Labute approximate surface area is 124 Å². The summed E-state index contributed by atoms with van der Waals surface area (Å²) < 4.78 is 0. The van der Waals surface area contributed by atoms with E-state index in [1.165, 1.54) is 31.5 Å². The van der Waals surface area contributed by atoms with E-state index in [-0.39, 0.29) is 0 Å². The van der Waals surface area contributed by atoms with Gasteiger partial charge in [0.25, 0.3) is 0 Å². The van der Waals surface area contributed by atoms with Gasteiger partial charge in [-0.3, -0.25) is 4.90 Å². The second kappa shape index (κ2) is 6.73. The van der Waals surface area contributed by atoms with Crippen molar-refractivity contribution in [1.82, 2.24) is 10.2 Å². The minimum absolute atomic E-state index is 0.347. The van der Waals surface area contributed by atoms with E-state index in [1.54, 1.807) is 0 Å². The smallest absolute Gasteiger partial charge is 0.0269 e. The van der Waals surface area contributed by atoms with Crippen molar-refractivity contribution in [3.8, 4) is 0 Å². The number of hydrogen-bond acceptors (Lipinski definition) is 2. The molecule has 1 aliphatic heterocycles. The third-order valence-corrected chi connectivity index (χ3v) is 4.36. The molecule has 1 aromatic rings. The maximum absolute atomic E-state index is 3.64. The highest BCUT2D eigenvalue weighted by atomic mass is 15.2. The molecule has 2 nitrogen and oxygen atoms in total. The monoisotopic (exact) mass is 274 g/mol. The molecule has 0 aromatic heterocycles. The molecule has 1 N–H and O–H groups in total. The van der Waals surface area contributed by atoms with Crippen LogP contribution in [0.1, 0.15) is 39.7 Å². The molecular weight excluding hydrogens is 244 g/mol. The van der Waals surface area contributed by atoms with Crippen LogP contribution in [0, 0.1) is 5.41 Å². The quantitative estimate of drug-likeness (QED) is 0.906. The topological polar surface area (TPSA) is 15.3 Å². The van der Waals surface area contributed by atoms with Gasteiger partial charge in [-0.1, -0.05) is 51.1 Å². The van der Waals surface area contributed by atoms with Crippen LogP contribution >= 0.6 is 0 Å². The molecule has 0 bridgehead atoms. The van der Waals surface area contributed by atoms with Crippen molar-refractivity contribution in [3.63, 3.8) is 0 Å². The molecule has 1 saturated heterocycles. The second-order valence-electron chi connectivity index (χ2n) is 7.28. The summed E-state index contributed by atoms with van der Waals surface area (Å²) in [5.41, 5.74) is 1.81. The minimum Gasteiger partial charge on any atom is -0.311 e. The molecule has 1 fully saturated rings. The zero-order chi connectivity index (χ0) is 14.6. The molecule has 1 aromatic carbocycles. The SMILES string of the molecule is CC1CN(CCCc2ccccc2)C(C(C)(C)C)CN1. The number of hydrogen-bond donors (Lipinski definition) is 1. The van der Waals surface area contributed by atoms with Gasteiger partial charge in [0, 0.05) is 25.2 Å². The number of aryl methyl sites for hydroxylation is 1. The van der Waals surface area contributed by atoms with Crippen LogP contribution < -0.4 is 5.32 Å². The highest BCUT2D eigenvalue weighted by Gasteiger charge is 2.33. The first kappa shape index (κ1) is 15.5. The van der Waals surface area contributed by atoms with Crippen LogP contribution in [0.4, 0.5) is 0 Å². The predicted octanol–water partition coefficient (Wildman–Crippen LogP) is 3.33. The molecule has 20 heavy (non-hydrogen) atoms. The van der Waals surface area contributed by atoms with Gasteiger partial charge < -0.3 is 5.32 Å². The predicted molar refractivity (Wildman–Crippen MR) is 87.0 cm³/mol. The molecule has 2 rings (SSSR count). The minimum atomic E-state index is 0.347. The number of piperazine rings is 1. The molecule has 0 aliphatic carbocycles. The summed E-state index contributed by atoms with van der Waals surface area (Å²) >= 11 is 0. The molecule has 0 amide bonds. The van der Waals surface area contributed by atoms with Gasteiger partial charge in [-0.15, -0.1) is 0 Å². The summed E-state index contributed by atoms with van der Waals surface area (Å²) in [6, 6.07) is 12.1. The molecule has 0 spiro atoms. The second-order valence-corrected chi connectivity index (χ2v) is 7.28. The van der Waals surface area contributed by atoms with Crippen molar-refractivity contribution in [2.24, 2.45) is 5.41 Å². The zero-order valence-corrected chi connectivity index (χ0v) is 13.5. The lowest BCUT2D eigenvalue weighted by molar-refractivity contribution is 0.0582. The summed E-state index contributed by atoms with van der Waals surface area (Å²) in [5, 5.41) is 3.64. The molecule has 1 aliphatic rings. The van der Waals surface area contributed by atoms with Gasteiger partial charge in [0.1, 0.15) is 0 Å². The molecule has 1 heterocycles. The maximum atomic E-state index is 3.64. The fraction of sp³-hybridized carbons (Fsp3) is 0.667. The van der Waals surface area contributed by atoms with Crippen molar-refractivity contribution >= 4 is 0 Å². The van der Waals surface area contributed by atoms with E-state index in [4.69, 9.17) is 0 Å². The summed E-state index contributed by atoms with van der Waals surface area (Å²) in [4.78, 5) is 2.70. The maximum Gasteiger partial charge on any atom is 0.0269 e. The Hall–Kier alpha value is -0.860. The van der Waals surface area contributed by atoms with E-state index in [9.17, 15) is 0 Å². The van der Waals surface area contributed by atoms with Gasteiger partial charge >= 0.3 is 0 Å². The summed E-state index contributed by atoms with van der Waals surface area (Å²) in [6.45, 7) is 12.9. The van der Waals surface area contributed by atoms with Gasteiger partial charge in [0.05, 0.1) is 0 Å². The normalized spacial score (nSPS) is 24.8. The highest BCUT2D eigenvalue weighted by molar-refractivity contribution is 5.14. The van der Waals surface area contributed by atoms with Gasteiger partial charge in [0.15, 0.2) is 0 Å². The van der Waals surface area contributed by atoms with E-state index >= 15 is 0 Å². The largest absolute Gasteiger partial charge is 0.311 e. The number of rotatable bonds is 4. The summed E-state index contributed by atoms with van der Waals surface area (Å²) in [7, 11) is 0. The van der Waals surface area contributed by atoms with Crippen molar-refractivity contribution in [3.05, 3.63) is 35.9 Å². The first-order chi connectivity index (χ1) is 9.47. The van der Waals surface area contributed by atoms with Gasteiger partial charge in [-0.05, 0) is 37.3 Å². The van der Waals surface area contributed by atoms with Gasteiger partial charge in [-0.25, -0.2) is 0 Å². The zero-order valence-electron chi connectivity index (χ0n) is 13.5. The lowest BCUT2D eigenvalue weighted by Gasteiger charge is -2.46. The van der Waals surface area contributed by atoms with Gasteiger partial charge in [-0.2, -0.15) is 0 Å². The third-order valence-electron chi connectivity index (χ3n) is 4.36. The van der Waals surface area contributed by atoms with Crippen LogP contribution in [0.15, 0.2) is 30.3 Å². The Balaban J connectivity index is 1.88. The van der Waals surface area contributed by atoms with Crippen LogP contribution in [0.3, 0.4) is 0 Å². The number of nitrogens with one attached hydrogen (secondary N) is 1. The van der Waals surface area contributed by atoms with Crippen LogP contribution in [0.25, 0.3) is 0 Å². The fourth-order valence-corrected chi connectivity index (χ4v) is 3.22.